The van der Waals surface area contributed by atoms with E-state index in [9.17, 15) is 0 Å². The van der Waals surface area contributed by atoms with E-state index in [0.717, 1.165) is 38.8 Å². The average Bonchev–Trinajstić information content (AvgIpc) is 3.03. The van der Waals surface area contributed by atoms with Gasteiger partial charge in [-0.3, -0.25) is 0 Å². The average molecular weight is 377 g/mol. The molecule has 0 atom stereocenters. The molecule has 0 bridgehead atoms. The molecule has 0 amide bonds. The zero-order valence-corrected chi connectivity index (χ0v) is 16.2. The molecule has 0 aliphatic rings. The maximum atomic E-state index is 6.10. The minimum Gasteiger partial charge on any atom is -0.492 e. The van der Waals surface area contributed by atoms with E-state index in [1.165, 1.54) is 5.56 Å². The molecule has 27 heavy (non-hydrogen) atoms. The third kappa shape index (κ3) is 3.56. The molecule has 0 aliphatic carbocycles. The van der Waals surface area contributed by atoms with Gasteiger partial charge in [0, 0.05) is 10.6 Å². The van der Waals surface area contributed by atoms with Crippen molar-refractivity contribution in [3.05, 3.63) is 82.9 Å². The van der Waals surface area contributed by atoms with E-state index in [1.807, 2.05) is 37.3 Å². The largest absolute Gasteiger partial charge is 0.492 e. The molecule has 0 saturated heterocycles. The van der Waals surface area contributed by atoms with Gasteiger partial charge in [-0.25, -0.2) is 4.98 Å². The number of hydrogen-bond donors (Lipinski definition) is 0. The van der Waals surface area contributed by atoms with Crippen LogP contribution in [0.4, 0.5) is 0 Å². The van der Waals surface area contributed by atoms with Crippen LogP contribution >= 0.6 is 11.6 Å². The summed E-state index contributed by atoms with van der Waals surface area (Å²) in [5.74, 6) is 1.81. The minimum atomic E-state index is 0.556. The normalized spacial score (nSPS) is 11.1. The standard InChI is InChI=1S/C23H21ClN2O/c1-16-7-3-4-8-19(16)23-25-21-9-5-6-10-22(21)26(23)13-14-27-18-11-12-20(24)17(2)15-18/h3-12,15H,13-14H2,1-2H3. The van der Waals surface area contributed by atoms with Gasteiger partial charge in [-0.15, -0.1) is 0 Å². The van der Waals surface area contributed by atoms with Crippen molar-refractivity contribution in [1.29, 1.82) is 0 Å². The number of halogens is 1. The lowest BCUT2D eigenvalue weighted by molar-refractivity contribution is 0.300. The van der Waals surface area contributed by atoms with Gasteiger partial charge in [-0.2, -0.15) is 0 Å². The lowest BCUT2D eigenvalue weighted by atomic mass is 10.1. The van der Waals surface area contributed by atoms with E-state index in [0.29, 0.717) is 13.2 Å². The Bertz CT molecular complexity index is 1100. The van der Waals surface area contributed by atoms with Crippen LogP contribution in [0.25, 0.3) is 22.4 Å². The zero-order valence-electron chi connectivity index (χ0n) is 15.4. The molecule has 0 N–H and O–H groups in total. The predicted molar refractivity (Wildman–Crippen MR) is 112 cm³/mol. The molecule has 136 valence electrons. The maximum absolute atomic E-state index is 6.10. The van der Waals surface area contributed by atoms with Gasteiger partial charge in [0.1, 0.15) is 18.2 Å². The molecule has 0 unspecified atom stereocenters. The monoisotopic (exact) mass is 376 g/mol. The topological polar surface area (TPSA) is 27.1 Å². The molecular formula is C23H21ClN2O. The highest BCUT2D eigenvalue weighted by Crippen LogP contribution is 2.27. The fourth-order valence-corrected chi connectivity index (χ4v) is 3.41. The van der Waals surface area contributed by atoms with Gasteiger partial charge in [-0.05, 0) is 55.3 Å². The van der Waals surface area contributed by atoms with Crippen molar-refractivity contribution in [3.8, 4) is 17.1 Å². The Morgan fingerprint density at radius 1 is 0.926 bits per heavy atom. The first kappa shape index (κ1) is 17.6. The van der Waals surface area contributed by atoms with Crippen molar-refractivity contribution in [2.45, 2.75) is 20.4 Å². The van der Waals surface area contributed by atoms with Gasteiger partial charge in [-0.1, -0.05) is 48.0 Å². The first-order chi connectivity index (χ1) is 13.1. The molecule has 4 heteroatoms. The Balaban J connectivity index is 1.65. The van der Waals surface area contributed by atoms with Gasteiger partial charge in [0.15, 0.2) is 0 Å². The van der Waals surface area contributed by atoms with Crippen LogP contribution in [0.3, 0.4) is 0 Å². The molecule has 0 saturated carbocycles. The lowest BCUT2D eigenvalue weighted by Gasteiger charge is -2.12. The van der Waals surface area contributed by atoms with Gasteiger partial charge in [0.2, 0.25) is 0 Å². The van der Waals surface area contributed by atoms with Crippen LogP contribution in [0, 0.1) is 13.8 Å². The third-order valence-corrected chi connectivity index (χ3v) is 5.18. The van der Waals surface area contributed by atoms with Gasteiger partial charge in [0.25, 0.3) is 0 Å². The van der Waals surface area contributed by atoms with Gasteiger partial charge >= 0.3 is 0 Å². The number of para-hydroxylation sites is 2. The van der Waals surface area contributed by atoms with Crippen LogP contribution in [0.15, 0.2) is 66.7 Å². The summed E-state index contributed by atoms with van der Waals surface area (Å²) in [6.07, 6.45) is 0. The summed E-state index contributed by atoms with van der Waals surface area (Å²) in [5, 5.41) is 0.754. The fourth-order valence-electron chi connectivity index (χ4n) is 3.29. The number of ether oxygens (including phenoxy) is 1. The molecule has 0 spiro atoms. The van der Waals surface area contributed by atoms with E-state index in [-0.39, 0.29) is 0 Å². The first-order valence-corrected chi connectivity index (χ1v) is 9.41. The van der Waals surface area contributed by atoms with E-state index in [1.54, 1.807) is 0 Å². The van der Waals surface area contributed by atoms with Crippen LogP contribution in [0.1, 0.15) is 11.1 Å². The highest BCUT2D eigenvalue weighted by molar-refractivity contribution is 6.31. The second-order valence-corrected chi connectivity index (χ2v) is 7.06. The highest BCUT2D eigenvalue weighted by atomic mass is 35.5. The maximum Gasteiger partial charge on any atom is 0.141 e. The molecule has 0 fully saturated rings. The number of rotatable bonds is 5. The number of benzene rings is 3. The lowest BCUT2D eigenvalue weighted by Crippen LogP contribution is -2.10. The Hall–Kier alpha value is -2.78. The van der Waals surface area contributed by atoms with Crippen molar-refractivity contribution < 1.29 is 4.74 Å². The Kier molecular flexibility index (Phi) is 4.87. The Labute approximate surface area is 164 Å². The highest BCUT2D eigenvalue weighted by Gasteiger charge is 2.14. The Morgan fingerprint density at radius 3 is 2.52 bits per heavy atom. The molecule has 3 nitrogen and oxygen atoms in total. The molecule has 1 heterocycles. The molecule has 4 rings (SSSR count). The SMILES string of the molecule is Cc1cc(OCCn2c(-c3ccccc3C)nc3ccccc32)ccc1Cl. The van der Waals surface area contributed by atoms with Crippen LogP contribution < -0.4 is 4.74 Å². The van der Waals surface area contributed by atoms with E-state index < -0.39 is 0 Å². The zero-order chi connectivity index (χ0) is 18.8. The second kappa shape index (κ2) is 7.45. The molecule has 3 aromatic carbocycles. The van der Waals surface area contributed by atoms with Crippen LogP contribution in [0.2, 0.25) is 5.02 Å². The molecular weight excluding hydrogens is 356 g/mol. The van der Waals surface area contributed by atoms with Crippen molar-refractivity contribution in [2.24, 2.45) is 0 Å². The first-order valence-electron chi connectivity index (χ1n) is 9.04. The summed E-state index contributed by atoms with van der Waals surface area (Å²) < 4.78 is 8.21. The fraction of sp³-hybridized carbons (Fsp3) is 0.174. The summed E-state index contributed by atoms with van der Waals surface area (Å²) in [4.78, 5) is 4.89. The molecule has 0 aliphatic heterocycles. The van der Waals surface area contributed by atoms with E-state index in [2.05, 4.69) is 47.9 Å². The summed E-state index contributed by atoms with van der Waals surface area (Å²) >= 11 is 6.10. The van der Waals surface area contributed by atoms with Crippen LogP contribution in [-0.4, -0.2) is 16.2 Å². The summed E-state index contributed by atoms with van der Waals surface area (Å²) in [7, 11) is 0. The van der Waals surface area contributed by atoms with E-state index in [4.69, 9.17) is 21.3 Å². The smallest absolute Gasteiger partial charge is 0.141 e. The molecule has 4 aromatic rings. The van der Waals surface area contributed by atoms with Crippen molar-refractivity contribution in [3.63, 3.8) is 0 Å². The summed E-state index contributed by atoms with van der Waals surface area (Å²) in [6, 6.07) is 22.3. The van der Waals surface area contributed by atoms with Crippen LogP contribution in [-0.2, 0) is 6.54 Å². The van der Waals surface area contributed by atoms with Crippen molar-refractivity contribution in [2.75, 3.05) is 6.61 Å². The number of aryl methyl sites for hydroxylation is 2. The number of fused-ring (bicyclic) bond motifs is 1. The number of aromatic nitrogens is 2. The van der Waals surface area contributed by atoms with Gasteiger partial charge < -0.3 is 9.30 Å². The quantitative estimate of drug-likeness (QED) is 0.423. The van der Waals surface area contributed by atoms with Crippen molar-refractivity contribution in [1.82, 2.24) is 9.55 Å². The number of hydrogen-bond acceptors (Lipinski definition) is 2. The molecule has 0 radical (unpaired) electrons. The molecule has 1 aromatic heterocycles. The summed E-state index contributed by atoms with van der Waals surface area (Å²) in [5.41, 5.74) is 5.49. The van der Waals surface area contributed by atoms with Gasteiger partial charge in [0.05, 0.1) is 17.6 Å². The number of nitrogens with zero attached hydrogens (tertiary/aromatic N) is 2. The van der Waals surface area contributed by atoms with Crippen LogP contribution in [0.5, 0.6) is 5.75 Å². The summed E-state index contributed by atoms with van der Waals surface area (Å²) in [6.45, 7) is 5.37. The van der Waals surface area contributed by atoms with Crippen molar-refractivity contribution >= 4 is 22.6 Å². The third-order valence-electron chi connectivity index (χ3n) is 4.75. The minimum absolute atomic E-state index is 0.556. The van der Waals surface area contributed by atoms with E-state index >= 15 is 0 Å². The Morgan fingerprint density at radius 2 is 1.70 bits per heavy atom. The number of imidazole rings is 1. The second-order valence-electron chi connectivity index (χ2n) is 6.65. The predicted octanol–water partition coefficient (Wildman–Crippen LogP) is 6.05.